The maximum absolute atomic E-state index is 13.1. The van der Waals surface area contributed by atoms with Gasteiger partial charge in [0, 0.05) is 17.1 Å². The van der Waals surface area contributed by atoms with E-state index in [-0.39, 0.29) is 18.0 Å². The van der Waals surface area contributed by atoms with Crippen LogP contribution in [0.1, 0.15) is 23.9 Å². The highest BCUT2D eigenvalue weighted by atomic mass is 19.1. The van der Waals surface area contributed by atoms with E-state index in [0.29, 0.717) is 0 Å². The lowest BCUT2D eigenvalue weighted by Gasteiger charge is -2.09. The van der Waals surface area contributed by atoms with Crippen molar-refractivity contribution >= 4 is 12.0 Å². The van der Waals surface area contributed by atoms with Crippen molar-refractivity contribution in [2.45, 2.75) is 20.8 Å². The number of esters is 1. The summed E-state index contributed by atoms with van der Waals surface area (Å²) in [6.07, 6.45) is 1.51. The number of carbonyl (C=O) groups is 1. The maximum Gasteiger partial charge on any atom is 0.348 e. The molecule has 118 valence electrons. The standard InChI is InChI=1S/C18H17FN2O2/c1-4-23-18(22)15(11-20)10-14-9-12(2)21(13(14)3)17-7-5-16(19)6-8-17/h5-10H,4H2,1-3H3/b15-10-. The second kappa shape index (κ2) is 6.93. The van der Waals surface area contributed by atoms with E-state index in [4.69, 9.17) is 10.00 Å². The number of nitrogens with zero attached hydrogens (tertiary/aromatic N) is 2. The van der Waals surface area contributed by atoms with Crippen LogP contribution >= 0.6 is 0 Å². The Labute approximate surface area is 134 Å². The number of benzene rings is 1. The first-order chi connectivity index (χ1) is 11.0. The summed E-state index contributed by atoms with van der Waals surface area (Å²) in [6.45, 7) is 5.69. The van der Waals surface area contributed by atoms with E-state index >= 15 is 0 Å². The predicted molar refractivity (Wildman–Crippen MR) is 85.4 cm³/mol. The summed E-state index contributed by atoms with van der Waals surface area (Å²) in [7, 11) is 0. The zero-order valence-electron chi connectivity index (χ0n) is 13.3. The Hall–Kier alpha value is -2.87. The van der Waals surface area contributed by atoms with Gasteiger partial charge in [-0.15, -0.1) is 0 Å². The number of carbonyl (C=O) groups excluding carboxylic acids is 1. The van der Waals surface area contributed by atoms with Crippen molar-refractivity contribution in [2.24, 2.45) is 0 Å². The highest BCUT2D eigenvalue weighted by Gasteiger charge is 2.14. The third-order valence-electron chi connectivity index (χ3n) is 3.47. The molecule has 0 saturated heterocycles. The summed E-state index contributed by atoms with van der Waals surface area (Å²) >= 11 is 0. The molecule has 0 atom stereocenters. The van der Waals surface area contributed by atoms with Gasteiger partial charge in [-0.3, -0.25) is 0 Å². The fourth-order valence-electron chi connectivity index (χ4n) is 2.42. The molecule has 0 unspecified atom stereocenters. The number of halogens is 1. The van der Waals surface area contributed by atoms with Gasteiger partial charge in [0.05, 0.1) is 6.61 Å². The predicted octanol–water partition coefficient (Wildman–Crippen LogP) is 3.70. The zero-order valence-corrected chi connectivity index (χ0v) is 13.3. The van der Waals surface area contributed by atoms with E-state index in [9.17, 15) is 9.18 Å². The molecule has 5 heteroatoms. The average molecular weight is 312 g/mol. The van der Waals surface area contributed by atoms with Crippen LogP contribution in [0.15, 0.2) is 35.9 Å². The number of hydrogen-bond donors (Lipinski definition) is 0. The fraction of sp³-hybridized carbons (Fsp3) is 0.222. The van der Waals surface area contributed by atoms with Gasteiger partial charge in [-0.25, -0.2) is 9.18 Å². The van der Waals surface area contributed by atoms with Crippen LogP contribution in [0.2, 0.25) is 0 Å². The van der Waals surface area contributed by atoms with Crippen LogP contribution in [0.3, 0.4) is 0 Å². The lowest BCUT2D eigenvalue weighted by Crippen LogP contribution is -2.06. The van der Waals surface area contributed by atoms with Crippen molar-refractivity contribution in [3.8, 4) is 11.8 Å². The Balaban J connectivity index is 2.47. The number of aromatic nitrogens is 1. The molecule has 0 aliphatic carbocycles. The van der Waals surface area contributed by atoms with Gasteiger partial charge in [0.1, 0.15) is 17.5 Å². The van der Waals surface area contributed by atoms with Crippen molar-refractivity contribution in [2.75, 3.05) is 6.61 Å². The largest absolute Gasteiger partial charge is 0.462 e. The molecule has 1 aromatic heterocycles. The maximum atomic E-state index is 13.1. The third kappa shape index (κ3) is 3.49. The molecule has 0 spiro atoms. The molecule has 4 nitrogen and oxygen atoms in total. The summed E-state index contributed by atoms with van der Waals surface area (Å²) in [6, 6.07) is 9.88. The first-order valence-electron chi connectivity index (χ1n) is 7.21. The summed E-state index contributed by atoms with van der Waals surface area (Å²) in [4.78, 5) is 11.7. The van der Waals surface area contributed by atoms with Crippen LogP contribution in [-0.4, -0.2) is 17.1 Å². The smallest absolute Gasteiger partial charge is 0.348 e. The quantitative estimate of drug-likeness (QED) is 0.491. The molecule has 0 aliphatic rings. The van der Waals surface area contributed by atoms with E-state index in [1.54, 1.807) is 19.1 Å². The lowest BCUT2D eigenvalue weighted by molar-refractivity contribution is -0.137. The van der Waals surface area contributed by atoms with E-state index < -0.39 is 5.97 Å². The SMILES string of the molecule is CCOC(=O)/C(C#N)=C\c1cc(C)n(-c2ccc(F)cc2)c1C. The molecule has 0 amide bonds. The first kappa shape index (κ1) is 16.5. The normalized spacial score (nSPS) is 11.2. The number of hydrogen-bond acceptors (Lipinski definition) is 3. The minimum Gasteiger partial charge on any atom is -0.462 e. The monoisotopic (exact) mass is 312 g/mol. The minimum absolute atomic E-state index is 0.0498. The topological polar surface area (TPSA) is 55.0 Å². The first-order valence-corrected chi connectivity index (χ1v) is 7.21. The molecule has 0 bridgehead atoms. The van der Waals surface area contributed by atoms with Crippen LogP contribution in [0.4, 0.5) is 4.39 Å². The summed E-state index contributed by atoms with van der Waals surface area (Å²) < 4.78 is 19.9. The van der Waals surface area contributed by atoms with Crippen molar-refractivity contribution in [1.29, 1.82) is 5.26 Å². The second-order valence-electron chi connectivity index (χ2n) is 5.03. The van der Waals surface area contributed by atoms with Crippen LogP contribution in [-0.2, 0) is 9.53 Å². The lowest BCUT2D eigenvalue weighted by atomic mass is 10.1. The van der Waals surface area contributed by atoms with E-state index in [0.717, 1.165) is 22.6 Å². The van der Waals surface area contributed by atoms with Crippen LogP contribution in [0, 0.1) is 31.0 Å². The van der Waals surface area contributed by atoms with E-state index in [1.807, 2.05) is 30.6 Å². The van der Waals surface area contributed by atoms with Crippen LogP contribution in [0.25, 0.3) is 11.8 Å². The summed E-state index contributed by atoms with van der Waals surface area (Å²) in [5, 5.41) is 9.13. The highest BCUT2D eigenvalue weighted by Crippen LogP contribution is 2.23. The molecule has 23 heavy (non-hydrogen) atoms. The fourth-order valence-corrected chi connectivity index (χ4v) is 2.42. The van der Waals surface area contributed by atoms with E-state index in [2.05, 4.69) is 0 Å². The Kier molecular flexibility index (Phi) is 4.97. The van der Waals surface area contributed by atoms with Crippen molar-refractivity contribution in [3.63, 3.8) is 0 Å². The Bertz CT molecular complexity index is 796. The van der Waals surface area contributed by atoms with Gasteiger partial charge in [-0.2, -0.15) is 5.26 Å². The molecular formula is C18H17FN2O2. The second-order valence-corrected chi connectivity index (χ2v) is 5.03. The van der Waals surface area contributed by atoms with Crippen molar-refractivity contribution in [1.82, 2.24) is 4.57 Å². The number of aryl methyl sites for hydroxylation is 1. The Morgan fingerprint density at radius 3 is 2.57 bits per heavy atom. The van der Waals surface area contributed by atoms with Gasteiger partial charge in [-0.1, -0.05) is 0 Å². The molecule has 1 aromatic carbocycles. The molecule has 0 N–H and O–H groups in total. The molecule has 1 heterocycles. The van der Waals surface area contributed by atoms with Gasteiger partial charge < -0.3 is 9.30 Å². The molecule has 0 aliphatic heterocycles. The van der Waals surface area contributed by atoms with Gasteiger partial charge in [-0.05, 0) is 62.7 Å². The number of rotatable bonds is 4. The number of nitriles is 1. The Morgan fingerprint density at radius 1 is 1.35 bits per heavy atom. The van der Waals surface area contributed by atoms with Crippen LogP contribution in [0.5, 0.6) is 0 Å². The third-order valence-corrected chi connectivity index (χ3v) is 3.47. The van der Waals surface area contributed by atoms with Gasteiger partial charge in [0.15, 0.2) is 0 Å². The van der Waals surface area contributed by atoms with Crippen molar-refractivity contribution < 1.29 is 13.9 Å². The molecule has 0 saturated carbocycles. The summed E-state index contributed by atoms with van der Waals surface area (Å²) in [5.74, 6) is -0.938. The number of ether oxygens (including phenoxy) is 1. The Morgan fingerprint density at radius 2 is 2.00 bits per heavy atom. The molecular weight excluding hydrogens is 295 g/mol. The van der Waals surface area contributed by atoms with Crippen LogP contribution < -0.4 is 0 Å². The molecule has 2 aromatic rings. The van der Waals surface area contributed by atoms with Gasteiger partial charge in [0.2, 0.25) is 0 Å². The molecule has 0 radical (unpaired) electrons. The van der Waals surface area contributed by atoms with Gasteiger partial charge >= 0.3 is 5.97 Å². The molecule has 2 rings (SSSR count). The zero-order chi connectivity index (χ0) is 17.0. The minimum atomic E-state index is -0.637. The highest BCUT2D eigenvalue weighted by molar-refractivity contribution is 5.98. The van der Waals surface area contributed by atoms with Crippen molar-refractivity contribution in [3.05, 3.63) is 58.7 Å². The average Bonchev–Trinajstić information content (AvgIpc) is 2.80. The molecule has 0 fully saturated rings. The summed E-state index contributed by atoms with van der Waals surface area (Å²) in [5.41, 5.74) is 3.28. The van der Waals surface area contributed by atoms with E-state index in [1.165, 1.54) is 18.2 Å². The van der Waals surface area contributed by atoms with Gasteiger partial charge in [0.25, 0.3) is 0 Å².